The Bertz CT molecular complexity index is 660. The average molecular weight is 255 g/mol. The van der Waals surface area contributed by atoms with Crippen LogP contribution in [0.4, 0.5) is 0 Å². The number of hydrogen-bond donors (Lipinski definition) is 1. The number of H-pyrrole nitrogens is 1. The first-order valence-corrected chi connectivity index (χ1v) is 6.06. The molecule has 0 amide bonds. The minimum atomic E-state index is 0.766. The summed E-state index contributed by atoms with van der Waals surface area (Å²) in [7, 11) is 0. The summed E-state index contributed by atoms with van der Waals surface area (Å²) < 4.78 is 0. The van der Waals surface area contributed by atoms with Gasteiger partial charge in [-0.2, -0.15) is 5.10 Å². The second-order valence-electron chi connectivity index (χ2n) is 4.05. The van der Waals surface area contributed by atoms with E-state index in [2.05, 4.69) is 28.4 Å². The van der Waals surface area contributed by atoms with E-state index >= 15 is 0 Å². The maximum absolute atomic E-state index is 6.22. The van der Waals surface area contributed by atoms with E-state index in [-0.39, 0.29) is 0 Å². The van der Waals surface area contributed by atoms with Crippen LogP contribution < -0.4 is 0 Å². The van der Waals surface area contributed by atoms with Gasteiger partial charge in [0, 0.05) is 22.3 Å². The van der Waals surface area contributed by atoms with Crippen LogP contribution >= 0.6 is 11.6 Å². The topological polar surface area (TPSA) is 28.7 Å². The third-order valence-corrected chi connectivity index (χ3v) is 3.21. The van der Waals surface area contributed by atoms with Gasteiger partial charge in [-0.25, -0.2) is 0 Å². The van der Waals surface area contributed by atoms with E-state index < -0.39 is 0 Å². The van der Waals surface area contributed by atoms with Crippen LogP contribution in [0.1, 0.15) is 0 Å². The normalized spacial score (nSPS) is 10.5. The zero-order chi connectivity index (χ0) is 12.4. The first-order chi connectivity index (χ1) is 8.84. The molecule has 2 aromatic carbocycles. The summed E-state index contributed by atoms with van der Waals surface area (Å²) in [6.45, 7) is 0. The molecule has 0 fully saturated rings. The first-order valence-electron chi connectivity index (χ1n) is 5.69. The molecule has 0 radical (unpaired) electrons. The molecule has 3 rings (SSSR count). The fourth-order valence-electron chi connectivity index (χ4n) is 1.97. The van der Waals surface area contributed by atoms with Gasteiger partial charge < -0.3 is 0 Å². The van der Waals surface area contributed by atoms with E-state index in [4.69, 9.17) is 11.6 Å². The van der Waals surface area contributed by atoms with Gasteiger partial charge in [-0.1, -0.05) is 48.0 Å². The maximum Gasteiger partial charge on any atom is 0.0565 e. The van der Waals surface area contributed by atoms with Gasteiger partial charge in [-0.05, 0) is 23.3 Å². The van der Waals surface area contributed by atoms with Crippen LogP contribution in [0.15, 0.2) is 60.9 Å². The minimum Gasteiger partial charge on any atom is -0.285 e. The molecule has 1 heterocycles. The van der Waals surface area contributed by atoms with Crippen molar-refractivity contribution in [2.45, 2.75) is 0 Å². The number of nitrogens with zero attached hydrogens (tertiary/aromatic N) is 1. The van der Waals surface area contributed by atoms with Crippen molar-refractivity contribution in [3.63, 3.8) is 0 Å². The number of aromatic nitrogens is 2. The summed E-state index contributed by atoms with van der Waals surface area (Å²) in [4.78, 5) is 0. The third kappa shape index (κ3) is 2.03. The Labute approximate surface area is 110 Å². The van der Waals surface area contributed by atoms with Gasteiger partial charge >= 0.3 is 0 Å². The van der Waals surface area contributed by atoms with Crippen molar-refractivity contribution in [1.29, 1.82) is 0 Å². The number of hydrogen-bond acceptors (Lipinski definition) is 1. The predicted molar refractivity (Wildman–Crippen MR) is 74.5 cm³/mol. The molecule has 0 aliphatic heterocycles. The van der Waals surface area contributed by atoms with Crippen molar-refractivity contribution >= 4 is 11.6 Å². The van der Waals surface area contributed by atoms with Gasteiger partial charge in [0.25, 0.3) is 0 Å². The summed E-state index contributed by atoms with van der Waals surface area (Å²) >= 11 is 6.22. The van der Waals surface area contributed by atoms with Crippen molar-refractivity contribution in [2.24, 2.45) is 0 Å². The highest BCUT2D eigenvalue weighted by atomic mass is 35.5. The zero-order valence-corrected chi connectivity index (χ0v) is 10.4. The molecule has 0 saturated carbocycles. The predicted octanol–water partition coefficient (Wildman–Crippen LogP) is 4.40. The number of nitrogens with one attached hydrogen (secondary N) is 1. The van der Waals surface area contributed by atoms with Crippen molar-refractivity contribution in [1.82, 2.24) is 10.2 Å². The van der Waals surface area contributed by atoms with Crippen molar-refractivity contribution < 1.29 is 0 Å². The van der Waals surface area contributed by atoms with E-state index in [1.165, 1.54) is 0 Å². The second-order valence-corrected chi connectivity index (χ2v) is 4.45. The van der Waals surface area contributed by atoms with Gasteiger partial charge in [-0.15, -0.1) is 0 Å². The molecule has 18 heavy (non-hydrogen) atoms. The minimum absolute atomic E-state index is 0.766. The van der Waals surface area contributed by atoms with E-state index in [0.29, 0.717) is 0 Å². The Hall–Kier alpha value is -2.06. The Kier molecular flexibility index (Phi) is 2.87. The standard InChI is InChI=1S/C15H11ClN2/c16-15-7-2-1-6-14(15)12-5-3-4-11(8-12)13-9-17-18-10-13/h1-10H,(H,17,18). The molecule has 0 bridgehead atoms. The van der Waals surface area contributed by atoms with Crippen LogP contribution in [-0.4, -0.2) is 10.2 Å². The molecule has 1 N–H and O–H groups in total. The largest absolute Gasteiger partial charge is 0.285 e. The molecule has 0 aliphatic carbocycles. The summed E-state index contributed by atoms with van der Waals surface area (Å²) in [5.41, 5.74) is 4.36. The fraction of sp³-hybridized carbons (Fsp3) is 0. The highest BCUT2D eigenvalue weighted by molar-refractivity contribution is 6.33. The van der Waals surface area contributed by atoms with Crippen LogP contribution in [0.5, 0.6) is 0 Å². The van der Waals surface area contributed by atoms with E-state index in [0.717, 1.165) is 27.3 Å². The van der Waals surface area contributed by atoms with Gasteiger partial charge in [-0.3, -0.25) is 5.10 Å². The molecule has 3 heteroatoms. The molecule has 3 aromatic rings. The zero-order valence-electron chi connectivity index (χ0n) is 9.60. The Morgan fingerprint density at radius 1 is 0.889 bits per heavy atom. The Morgan fingerprint density at radius 2 is 1.72 bits per heavy atom. The average Bonchev–Trinajstić information content (AvgIpc) is 2.93. The van der Waals surface area contributed by atoms with Gasteiger partial charge in [0.1, 0.15) is 0 Å². The van der Waals surface area contributed by atoms with E-state index in [1.54, 1.807) is 0 Å². The van der Waals surface area contributed by atoms with Crippen molar-refractivity contribution in [2.75, 3.05) is 0 Å². The lowest BCUT2D eigenvalue weighted by atomic mass is 10.0. The van der Waals surface area contributed by atoms with Gasteiger partial charge in [0.2, 0.25) is 0 Å². The third-order valence-electron chi connectivity index (χ3n) is 2.88. The molecule has 0 aliphatic rings. The maximum atomic E-state index is 6.22. The van der Waals surface area contributed by atoms with Gasteiger partial charge in [0.15, 0.2) is 0 Å². The molecular formula is C15H11ClN2. The number of aromatic amines is 1. The Morgan fingerprint density at radius 3 is 2.50 bits per heavy atom. The van der Waals surface area contributed by atoms with E-state index in [1.807, 2.05) is 42.7 Å². The highest BCUT2D eigenvalue weighted by Gasteiger charge is 2.04. The number of halogens is 1. The quantitative estimate of drug-likeness (QED) is 0.722. The van der Waals surface area contributed by atoms with Crippen LogP contribution in [0.3, 0.4) is 0 Å². The summed E-state index contributed by atoms with van der Waals surface area (Å²) in [6.07, 6.45) is 3.69. The second kappa shape index (κ2) is 4.67. The smallest absolute Gasteiger partial charge is 0.0565 e. The molecule has 0 unspecified atom stereocenters. The van der Waals surface area contributed by atoms with Crippen LogP contribution in [0.2, 0.25) is 5.02 Å². The Balaban J connectivity index is 2.10. The molecule has 88 valence electrons. The fourth-order valence-corrected chi connectivity index (χ4v) is 2.22. The van der Waals surface area contributed by atoms with Crippen molar-refractivity contribution in [3.05, 3.63) is 65.9 Å². The first kappa shape index (κ1) is 11.1. The van der Waals surface area contributed by atoms with Crippen molar-refractivity contribution in [3.8, 4) is 22.3 Å². The lowest BCUT2D eigenvalue weighted by molar-refractivity contribution is 1.09. The lowest BCUT2D eigenvalue weighted by Gasteiger charge is -2.06. The molecule has 0 spiro atoms. The highest BCUT2D eigenvalue weighted by Crippen LogP contribution is 2.30. The number of rotatable bonds is 2. The van der Waals surface area contributed by atoms with Crippen LogP contribution in [0.25, 0.3) is 22.3 Å². The lowest BCUT2D eigenvalue weighted by Crippen LogP contribution is -1.81. The van der Waals surface area contributed by atoms with Crippen LogP contribution in [0, 0.1) is 0 Å². The van der Waals surface area contributed by atoms with E-state index in [9.17, 15) is 0 Å². The molecule has 1 aromatic heterocycles. The molecule has 2 nitrogen and oxygen atoms in total. The summed E-state index contributed by atoms with van der Waals surface area (Å²) in [6, 6.07) is 16.1. The van der Waals surface area contributed by atoms with Crippen LogP contribution in [-0.2, 0) is 0 Å². The molecule has 0 atom stereocenters. The molecule has 0 saturated heterocycles. The molecular weight excluding hydrogens is 244 g/mol. The monoisotopic (exact) mass is 254 g/mol. The summed E-state index contributed by atoms with van der Waals surface area (Å²) in [5.74, 6) is 0. The summed E-state index contributed by atoms with van der Waals surface area (Å²) in [5, 5.41) is 7.56. The number of benzene rings is 2. The SMILES string of the molecule is Clc1ccccc1-c1cccc(-c2cn[nH]c2)c1. The van der Waals surface area contributed by atoms with Gasteiger partial charge in [0.05, 0.1) is 6.20 Å².